The molecule has 0 aromatic carbocycles. The number of rotatable bonds is 4. The third kappa shape index (κ3) is 3.24. The van der Waals surface area contributed by atoms with Crippen LogP contribution < -0.4 is 0 Å². The number of nitrogens with zero attached hydrogens (tertiary/aromatic N) is 2. The summed E-state index contributed by atoms with van der Waals surface area (Å²) >= 11 is 6.36. The first-order chi connectivity index (χ1) is 8.66. The lowest BCUT2D eigenvalue weighted by atomic mass is 10.2. The molecule has 0 aliphatic heterocycles. The first-order valence-electron chi connectivity index (χ1n) is 5.37. The van der Waals surface area contributed by atoms with Gasteiger partial charge in [0.05, 0.1) is 4.20 Å². The van der Waals surface area contributed by atoms with E-state index in [2.05, 4.69) is 4.98 Å². The number of aryl methyl sites for hydroxylation is 1. The minimum absolute atomic E-state index is 0.0160. The SMILES string of the molecule is Oc1ccc(O)n1SC(=S)CCc1ccccn1. The highest BCUT2D eigenvalue weighted by molar-refractivity contribution is 8.22. The van der Waals surface area contributed by atoms with Crippen molar-refractivity contribution in [2.45, 2.75) is 12.8 Å². The number of aromatic nitrogens is 2. The van der Waals surface area contributed by atoms with E-state index in [9.17, 15) is 10.2 Å². The quantitative estimate of drug-likeness (QED) is 0.843. The van der Waals surface area contributed by atoms with Gasteiger partial charge in [-0.25, -0.2) is 3.97 Å². The molecule has 0 atom stereocenters. The number of hydrogen-bond donors (Lipinski definition) is 2. The van der Waals surface area contributed by atoms with Gasteiger partial charge in [0.15, 0.2) is 0 Å². The van der Waals surface area contributed by atoms with Gasteiger partial charge in [0, 0.05) is 36.0 Å². The molecular formula is C12H12N2O2S2. The average Bonchev–Trinajstić information content (AvgIpc) is 2.69. The zero-order valence-electron chi connectivity index (χ0n) is 9.48. The lowest BCUT2D eigenvalue weighted by molar-refractivity contribution is 0.416. The van der Waals surface area contributed by atoms with Crippen LogP contribution in [0.25, 0.3) is 0 Å². The summed E-state index contributed by atoms with van der Waals surface area (Å²) in [6.45, 7) is 0. The van der Waals surface area contributed by atoms with E-state index in [0.29, 0.717) is 10.6 Å². The van der Waals surface area contributed by atoms with E-state index in [1.807, 2.05) is 18.2 Å². The standard InChI is InChI=1S/C12H12N2O2S2/c15-10-5-6-11(16)14(10)18-12(17)7-4-9-3-1-2-8-13-9/h1-3,5-6,8,15-16H,4,7H2. The highest BCUT2D eigenvalue weighted by Gasteiger charge is 2.09. The Hall–Kier alpha value is -1.53. The largest absolute Gasteiger partial charge is 0.494 e. The molecule has 2 heterocycles. The maximum atomic E-state index is 9.48. The summed E-state index contributed by atoms with van der Waals surface area (Å²) in [5, 5.41) is 19.0. The van der Waals surface area contributed by atoms with Crippen molar-refractivity contribution in [3.05, 3.63) is 42.2 Å². The predicted octanol–water partition coefficient (Wildman–Crippen LogP) is 2.75. The summed E-state index contributed by atoms with van der Waals surface area (Å²) in [6.07, 6.45) is 3.15. The zero-order chi connectivity index (χ0) is 13.0. The van der Waals surface area contributed by atoms with Gasteiger partial charge in [-0.05, 0) is 25.0 Å². The molecule has 2 aromatic rings. The number of pyridine rings is 1. The van der Waals surface area contributed by atoms with Gasteiger partial charge >= 0.3 is 0 Å². The molecule has 0 spiro atoms. The number of aromatic hydroxyl groups is 2. The molecule has 0 aliphatic rings. The normalized spacial score (nSPS) is 10.4. The lowest BCUT2D eigenvalue weighted by Crippen LogP contribution is -1.98. The van der Waals surface area contributed by atoms with E-state index in [0.717, 1.165) is 24.1 Å². The van der Waals surface area contributed by atoms with E-state index in [1.54, 1.807) is 6.20 Å². The van der Waals surface area contributed by atoms with Crippen LogP contribution in [0.15, 0.2) is 36.5 Å². The second-order valence-electron chi connectivity index (χ2n) is 3.63. The Morgan fingerprint density at radius 1 is 1.22 bits per heavy atom. The van der Waals surface area contributed by atoms with Gasteiger partial charge in [-0.1, -0.05) is 18.3 Å². The summed E-state index contributed by atoms with van der Waals surface area (Å²) < 4.78 is 1.98. The molecule has 0 unspecified atom stereocenters. The maximum absolute atomic E-state index is 9.48. The van der Waals surface area contributed by atoms with Crippen molar-refractivity contribution in [1.82, 2.24) is 8.96 Å². The fourth-order valence-corrected chi connectivity index (χ4v) is 2.45. The van der Waals surface area contributed by atoms with Crippen molar-refractivity contribution in [1.29, 1.82) is 0 Å². The molecule has 0 bridgehead atoms. The van der Waals surface area contributed by atoms with Gasteiger partial charge in [-0.3, -0.25) is 4.98 Å². The molecule has 2 N–H and O–H groups in total. The summed E-state index contributed by atoms with van der Waals surface area (Å²) in [5.74, 6) is -0.0321. The van der Waals surface area contributed by atoms with Gasteiger partial charge in [-0.15, -0.1) is 0 Å². The highest BCUT2D eigenvalue weighted by atomic mass is 32.2. The van der Waals surface area contributed by atoms with Crippen LogP contribution in [0.1, 0.15) is 12.1 Å². The molecule has 0 fully saturated rings. The minimum atomic E-state index is -0.0160. The first-order valence-corrected chi connectivity index (χ1v) is 6.56. The third-order valence-electron chi connectivity index (χ3n) is 2.30. The molecule has 0 saturated carbocycles. The summed E-state index contributed by atoms with van der Waals surface area (Å²) in [7, 11) is 0. The number of thiocarbonyl (C=S) groups is 1. The van der Waals surface area contributed by atoms with Gasteiger partial charge in [-0.2, -0.15) is 0 Å². The Bertz CT molecular complexity index is 521. The number of hydrogen-bond acceptors (Lipinski definition) is 5. The van der Waals surface area contributed by atoms with Crippen LogP contribution in [0.5, 0.6) is 11.8 Å². The monoisotopic (exact) mass is 280 g/mol. The van der Waals surface area contributed by atoms with E-state index in [1.165, 1.54) is 16.1 Å². The summed E-state index contributed by atoms with van der Waals surface area (Å²) in [4.78, 5) is 4.21. The molecule has 18 heavy (non-hydrogen) atoms. The van der Waals surface area contributed by atoms with Gasteiger partial charge < -0.3 is 10.2 Å². The predicted molar refractivity (Wildman–Crippen MR) is 75.9 cm³/mol. The average molecular weight is 280 g/mol. The van der Waals surface area contributed by atoms with Crippen LogP contribution in [-0.4, -0.2) is 23.4 Å². The lowest BCUT2D eigenvalue weighted by Gasteiger charge is -2.06. The van der Waals surface area contributed by atoms with E-state index < -0.39 is 0 Å². The fraction of sp³-hybridized carbons (Fsp3) is 0.167. The smallest absolute Gasteiger partial charge is 0.204 e. The van der Waals surface area contributed by atoms with E-state index in [4.69, 9.17) is 12.2 Å². The van der Waals surface area contributed by atoms with Crippen molar-refractivity contribution in [2.75, 3.05) is 0 Å². The molecule has 0 aliphatic carbocycles. The van der Waals surface area contributed by atoms with Gasteiger partial charge in [0.25, 0.3) is 0 Å². The Morgan fingerprint density at radius 2 is 1.94 bits per heavy atom. The minimum Gasteiger partial charge on any atom is -0.494 e. The second-order valence-corrected chi connectivity index (χ2v) is 5.42. The Labute approximate surface area is 114 Å². The fourth-order valence-electron chi connectivity index (χ4n) is 1.42. The zero-order valence-corrected chi connectivity index (χ0v) is 11.1. The van der Waals surface area contributed by atoms with Gasteiger partial charge in [0.1, 0.15) is 0 Å². The molecule has 94 valence electrons. The molecular weight excluding hydrogens is 268 g/mol. The van der Waals surface area contributed by atoms with Crippen LogP contribution in [-0.2, 0) is 6.42 Å². The Balaban J connectivity index is 1.90. The molecule has 4 nitrogen and oxygen atoms in total. The molecule has 0 amide bonds. The summed E-state index contributed by atoms with van der Waals surface area (Å²) in [6, 6.07) is 8.58. The molecule has 2 rings (SSSR count). The Kier molecular flexibility index (Phi) is 4.22. The van der Waals surface area contributed by atoms with E-state index in [-0.39, 0.29) is 11.8 Å². The molecule has 2 aromatic heterocycles. The highest BCUT2D eigenvalue weighted by Crippen LogP contribution is 2.29. The van der Waals surface area contributed by atoms with Crippen LogP contribution >= 0.6 is 24.2 Å². The van der Waals surface area contributed by atoms with Crippen LogP contribution in [0.3, 0.4) is 0 Å². The van der Waals surface area contributed by atoms with Crippen molar-refractivity contribution in [2.24, 2.45) is 0 Å². The molecule has 0 radical (unpaired) electrons. The van der Waals surface area contributed by atoms with Gasteiger partial charge in [0.2, 0.25) is 11.8 Å². The van der Waals surface area contributed by atoms with Crippen LogP contribution in [0.4, 0.5) is 0 Å². The van der Waals surface area contributed by atoms with Crippen molar-refractivity contribution in [3.63, 3.8) is 0 Å². The maximum Gasteiger partial charge on any atom is 0.204 e. The van der Waals surface area contributed by atoms with Crippen LogP contribution in [0, 0.1) is 0 Å². The first kappa shape index (κ1) is 12.9. The van der Waals surface area contributed by atoms with E-state index >= 15 is 0 Å². The Morgan fingerprint density at radius 3 is 2.56 bits per heavy atom. The summed E-state index contributed by atoms with van der Waals surface area (Å²) in [5.41, 5.74) is 0.974. The second kappa shape index (κ2) is 5.88. The van der Waals surface area contributed by atoms with Crippen molar-refractivity contribution >= 4 is 28.4 Å². The van der Waals surface area contributed by atoms with Crippen LogP contribution in [0.2, 0.25) is 0 Å². The third-order valence-corrected chi connectivity index (χ3v) is 3.69. The van der Waals surface area contributed by atoms with Crippen molar-refractivity contribution < 1.29 is 10.2 Å². The molecule has 0 saturated heterocycles. The molecule has 6 heteroatoms. The van der Waals surface area contributed by atoms with Crippen molar-refractivity contribution in [3.8, 4) is 11.8 Å². The topological polar surface area (TPSA) is 58.3 Å².